The van der Waals surface area contributed by atoms with Gasteiger partial charge in [-0.05, 0) is 37.7 Å². The van der Waals surface area contributed by atoms with Crippen molar-refractivity contribution in [3.63, 3.8) is 0 Å². The van der Waals surface area contributed by atoms with Crippen LogP contribution in [-0.4, -0.2) is 21.6 Å². The molecule has 0 radical (unpaired) electrons. The van der Waals surface area contributed by atoms with E-state index >= 15 is 0 Å². The first kappa shape index (κ1) is 13.4. The van der Waals surface area contributed by atoms with E-state index in [1.54, 1.807) is 0 Å². The van der Waals surface area contributed by atoms with Gasteiger partial charge in [-0.15, -0.1) is 0 Å². The van der Waals surface area contributed by atoms with Crippen molar-refractivity contribution in [2.75, 3.05) is 17.7 Å². The van der Waals surface area contributed by atoms with Crippen LogP contribution in [0.2, 0.25) is 0 Å². The number of anilines is 1. The highest BCUT2D eigenvalue weighted by molar-refractivity contribution is 7.98. The first-order valence-corrected chi connectivity index (χ1v) is 7.26. The van der Waals surface area contributed by atoms with E-state index in [-0.39, 0.29) is 0 Å². The van der Waals surface area contributed by atoms with Crippen LogP contribution < -0.4 is 5.73 Å². The zero-order valence-corrected chi connectivity index (χ0v) is 11.6. The van der Waals surface area contributed by atoms with E-state index in [0.29, 0.717) is 5.92 Å². The lowest BCUT2D eigenvalue weighted by Gasteiger charge is -2.10. The molecule has 0 bridgehead atoms. The molecule has 0 spiro atoms. The van der Waals surface area contributed by atoms with Crippen LogP contribution in [0.3, 0.4) is 0 Å². The second-order valence-corrected chi connectivity index (χ2v) is 5.58. The summed E-state index contributed by atoms with van der Waals surface area (Å²) in [7, 11) is 0. The first-order chi connectivity index (χ1) is 7.56. The van der Waals surface area contributed by atoms with Gasteiger partial charge in [0.05, 0.1) is 5.69 Å². The molecule has 0 atom stereocenters. The molecule has 0 amide bonds. The van der Waals surface area contributed by atoms with Gasteiger partial charge in [0.1, 0.15) is 11.6 Å². The summed E-state index contributed by atoms with van der Waals surface area (Å²) in [6.45, 7) is 7.41. The van der Waals surface area contributed by atoms with Crippen LogP contribution in [0.5, 0.6) is 0 Å². The molecule has 0 aliphatic carbocycles. The Bertz CT molecular complexity index is 331. The fourth-order valence-electron chi connectivity index (χ4n) is 1.81. The topological polar surface area (TPSA) is 43.8 Å². The van der Waals surface area contributed by atoms with Crippen LogP contribution in [-0.2, 0) is 13.0 Å². The van der Waals surface area contributed by atoms with E-state index in [9.17, 15) is 0 Å². The molecule has 1 rings (SSSR count). The Kier molecular flexibility index (Phi) is 5.19. The largest absolute Gasteiger partial charge is 0.384 e. The Labute approximate surface area is 103 Å². The van der Waals surface area contributed by atoms with Crippen molar-refractivity contribution in [2.24, 2.45) is 5.92 Å². The van der Waals surface area contributed by atoms with Crippen LogP contribution in [0.25, 0.3) is 0 Å². The molecule has 0 aliphatic rings. The molecule has 16 heavy (non-hydrogen) atoms. The summed E-state index contributed by atoms with van der Waals surface area (Å²) in [6, 6.07) is 0. The molecule has 0 aromatic carbocycles. The summed E-state index contributed by atoms with van der Waals surface area (Å²) in [5.41, 5.74) is 7.20. The Hall–Kier alpha value is -0.640. The summed E-state index contributed by atoms with van der Waals surface area (Å²) in [6.07, 6.45) is 4.29. The highest BCUT2D eigenvalue weighted by atomic mass is 32.2. The van der Waals surface area contributed by atoms with Gasteiger partial charge in [0.15, 0.2) is 0 Å². The maximum atomic E-state index is 6.13. The predicted octanol–water partition coefficient (Wildman–Crippen LogP) is 2.73. The lowest BCUT2D eigenvalue weighted by atomic mass is 10.2. The predicted molar refractivity (Wildman–Crippen MR) is 72.9 cm³/mol. The van der Waals surface area contributed by atoms with Gasteiger partial charge in [0, 0.05) is 6.54 Å². The second kappa shape index (κ2) is 6.18. The van der Waals surface area contributed by atoms with Crippen LogP contribution in [0, 0.1) is 12.8 Å². The minimum atomic E-state index is 0.606. The first-order valence-electron chi connectivity index (χ1n) is 5.86. The zero-order valence-electron chi connectivity index (χ0n) is 10.8. The van der Waals surface area contributed by atoms with Crippen LogP contribution in [0.1, 0.15) is 31.8 Å². The lowest BCUT2D eigenvalue weighted by Crippen LogP contribution is -2.09. The minimum Gasteiger partial charge on any atom is -0.384 e. The molecule has 0 unspecified atom stereocenters. The molecule has 2 N–H and O–H groups in total. The van der Waals surface area contributed by atoms with Gasteiger partial charge in [-0.1, -0.05) is 13.8 Å². The summed E-state index contributed by atoms with van der Waals surface area (Å²) >= 11 is 1.87. The maximum Gasteiger partial charge on any atom is 0.126 e. The van der Waals surface area contributed by atoms with Crippen molar-refractivity contribution in [1.29, 1.82) is 0 Å². The van der Waals surface area contributed by atoms with Gasteiger partial charge < -0.3 is 10.3 Å². The van der Waals surface area contributed by atoms with Crippen molar-refractivity contribution in [2.45, 2.75) is 40.2 Å². The molecule has 3 nitrogen and oxygen atoms in total. The zero-order chi connectivity index (χ0) is 12.1. The van der Waals surface area contributed by atoms with Gasteiger partial charge >= 0.3 is 0 Å². The average molecular weight is 241 g/mol. The van der Waals surface area contributed by atoms with E-state index in [1.165, 1.54) is 5.75 Å². The van der Waals surface area contributed by atoms with Gasteiger partial charge in [0.25, 0.3) is 0 Å². The van der Waals surface area contributed by atoms with E-state index < -0.39 is 0 Å². The molecule has 0 fully saturated rings. The van der Waals surface area contributed by atoms with Crippen LogP contribution in [0.15, 0.2) is 0 Å². The number of aryl methyl sites for hydroxylation is 2. The molecule has 0 saturated heterocycles. The Morgan fingerprint density at radius 2 is 2.12 bits per heavy atom. The number of imidazole rings is 1. The van der Waals surface area contributed by atoms with Gasteiger partial charge in [-0.3, -0.25) is 0 Å². The number of nitrogen functional groups attached to an aromatic ring is 1. The highest BCUT2D eigenvalue weighted by Gasteiger charge is 2.12. The fraction of sp³-hybridized carbons (Fsp3) is 0.750. The monoisotopic (exact) mass is 241 g/mol. The summed E-state index contributed by atoms with van der Waals surface area (Å²) in [4.78, 5) is 4.56. The summed E-state index contributed by atoms with van der Waals surface area (Å²) in [5.74, 6) is 3.70. The normalized spacial score (nSPS) is 11.3. The van der Waals surface area contributed by atoms with E-state index in [1.807, 2.05) is 18.7 Å². The third-order valence-corrected chi connectivity index (χ3v) is 3.28. The maximum absolute atomic E-state index is 6.13. The molecular formula is C12H23N3S. The number of hydrogen-bond acceptors (Lipinski definition) is 3. The third kappa shape index (κ3) is 3.44. The van der Waals surface area contributed by atoms with Crippen molar-refractivity contribution < 1.29 is 0 Å². The van der Waals surface area contributed by atoms with E-state index in [0.717, 1.165) is 36.7 Å². The van der Waals surface area contributed by atoms with Crippen LogP contribution in [0.4, 0.5) is 5.82 Å². The molecule has 92 valence electrons. The van der Waals surface area contributed by atoms with Gasteiger partial charge in [-0.2, -0.15) is 11.8 Å². The molecule has 1 aromatic rings. The van der Waals surface area contributed by atoms with Gasteiger partial charge in [0.2, 0.25) is 0 Å². The molecule has 0 saturated carbocycles. The van der Waals surface area contributed by atoms with E-state index in [2.05, 4.69) is 29.7 Å². The average Bonchev–Trinajstić information content (AvgIpc) is 2.46. The molecule has 4 heteroatoms. The number of hydrogen-bond donors (Lipinski definition) is 1. The van der Waals surface area contributed by atoms with E-state index in [4.69, 9.17) is 5.73 Å². The standard InChI is InChI=1S/C12H23N3S/c1-9(2)8-15-10(3)14-11(12(15)13)6-5-7-16-4/h9H,5-8,13H2,1-4H3. The fourth-order valence-corrected chi connectivity index (χ4v) is 2.24. The molecular weight excluding hydrogens is 218 g/mol. The molecule has 0 aliphatic heterocycles. The molecule has 1 heterocycles. The molecule has 1 aromatic heterocycles. The number of nitrogens with zero attached hydrogens (tertiary/aromatic N) is 2. The number of nitrogens with two attached hydrogens (primary N) is 1. The second-order valence-electron chi connectivity index (χ2n) is 4.59. The third-order valence-electron chi connectivity index (χ3n) is 2.58. The number of rotatable bonds is 6. The van der Waals surface area contributed by atoms with Crippen molar-refractivity contribution >= 4 is 17.6 Å². The number of aromatic nitrogens is 2. The van der Waals surface area contributed by atoms with Gasteiger partial charge in [-0.25, -0.2) is 4.98 Å². The minimum absolute atomic E-state index is 0.606. The van der Waals surface area contributed by atoms with Crippen molar-refractivity contribution in [3.05, 3.63) is 11.5 Å². The Morgan fingerprint density at radius 3 is 2.69 bits per heavy atom. The quantitative estimate of drug-likeness (QED) is 0.779. The highest BCUT2D eigenvalue weighted by Crippen LogP contribution is 2.18. The SMILES string of the molecule is CSCCCc1nc(C)n(CC(C)C)c1N. The van der Waals surface area contributed by atoms with Crippen molar-refractivity contribution in [1.82, 2.24) is 9.55 Å². The Morgan fingerprint density at radius 1 is 1.44 bits per heavy atom. The smallest absolute Gasteiger partial charge is 0.126 e. The lowest BCUT2D eigenvalue weighted by molar-refractivity contribution is 0.518. The summed E-state index contributed by atoms with van der Waals surface area (Å²) < 4.78 is 2.14. The van der Waals surface area contributed by atoms with Crippen LogP contribution >= 0.6 is 11.8 Å². The summed E-state index contributed by atoms with van der Waals surface area (Å²) in [5, 5.41) is 0. The van der Waals surface area contributed by atoms with Crippen molar-refractivity contribution in [3.8, 4) is 0 Å². The number of thioether (sulfide) groups is 1. The Balaban J connectivity index is 2.72.